The van der Waals surface area contributed by atoms with Crippen LogP contribution in [0.3, 0.4) is 0 Å². The summed E-state index contributed by atoms with van der Waals surface area (Å²) in [7, 11) is 0. The van der Waals surface area contributed by atoms with Crippen molar-refractivity contribution in [2.45, 2.75) is 19.3 Å². The Hall–Kier alpha value is -2.48. The Labute approximate surface area is 131 Å². The van der Waals surface area contributed by atoms with Crippen molar-refractivity contribution in [3.63, 3.8) is 0 Å². The molecule has 1 aliphatic rings. The standard InChI is InChI=1S/C15H18N4O4/c20-6-3-10-1-4-18(5-2-10)13-8-12-11(7-14(13)19(22)23)15(21)17-9-16-12/h7-10,20H,1-6H2,(H,16,17,21). The predicted octanol–water partition coefficient (Wildman–Crippen LogP) is 1.43. The highest BCUT2D eigenvalue weighted by Gasteiger charge is 2.26. The van der Waals surface area contributed by atoms with Gasteiger partial charge in [0, 0.05) is 25.8 Å². The quantitative estimate of drug-likeness (QED) is 0.651. The van der Waals surface area contributed by atoms with E-state index in [0.29, 0.717) is 30.2 Å². The fourth-order valence-corrected chi connectivity index (χ4v) is 3.14. The number of fused-ring (bicyclic) bond motifs is 1. The van der Waals surface area contributed by atoms with Crippen LogP contribution in [0.15, 0.2) is 23.3 Å². The van der Waals surface area contributed by atoms with E-state index in [-0.39, 0.29) is 23.2 Å². The normalized spacial score (nSPS) is 16.0. The molecular weight excluding hydrogens is 300 g/mol. The summed E-state index contributed by atoms with van der Waals surface area (Å²) in [6, 6.07) is 2.92. The fourth-order valence-electron chi connectivity index (χ4n) is 3.14. The van der Waals surface area contributed by atoms with Gasteiger partial charge < -0.3 is 15.0 Å². The molecule has 1 saturated heterocycles. The van der Waals surface area contributed by atoms with Gasteiger partial charge in [-0.2, -0.15) is 0 Å². The minimum atomic E-state index is -0.457. The van der Waals surface area contributed by atoms with Crippen LogP contribution in [0, 0.1) is 16.0 Å². The third-order valence-corrected chi connectivity index (χ3v) is 4.43. The van der Waals surface area contributed by atoms with E-state index in [1.54, 1.807) is 6.07 Å². The number of nitro benzene ring substituents is 1. The number of nitro groups is 1. The fraction of sp³-hybridized carbons (Fsp3) is 0.467. The first-order valence-electron chi connectivity index (χ1n) is 7.62. The molecule has 1 aromatic carbocycles. The number of nitrogens with one attached hydrogen (secondary N) is 1. The van der Waals surface area contributed by atoms with E-state index >= 15 is 0 Å². The van der Waals surface area contributed by atoms with Crippen LogP contribution in [-0.4, -0.2) is 39.7 Å². The number of benzene rings is 1. The van der Waals surface area contributed by atoms with E-state index in [1.807, 2.05) is 4.90 Å². The molecule has 122 valence electrons. The summed E-state index contributed by atoms with van der Waals surface area (Å²) in [5, 5.41) is 20.6. The van der Waals surface area contributed by atoms with Crippen molar-refractivity contribution < 1.29 is 10.0 Å². The first-order chi connectivity index (χ1) is 11.1. The largest absolute Gasteiger partial charge is 0.396 e. The second kappa shape index (κ2) is 6.33. The van der Waals surface area contributed by atoms with E-state index in [1.165, 1.54) is 12.4 Å². The molecule has 0 bridgehead atoms. The summed E-state index contributed by atoms with van der Waals surface area (Å²) >= 11 is 0. The molecule has 2 heterocycles. The van der Waals surface area contributed by atoms with Crippen LogP contribution in [-0.2, 0) is 0 Å². The van der Waals surface area contributed by atoms with E-state index in [9.17, 15) is 14.9 Å². The Morgan fingerprint density at radius 3 is 2.78 bits per heavy atom. The van der Waals surface area contributed by atoms with Crippen LogP contribution >= 0.6 is 0 Å². The van der Waals surface area contributed by atoms with Gasteiger partial charge in [0.2, 0.25) is 0 Å². The van der Waals surface area contributed by atoms with Crippen LogP contribution < -0.4 is 10.5 Å². The molecule has 0 saturated carbocycles. The molecule has 2 N–H and O–H groups in total. The highest BCUT2D eigenvalue weighted by molar-refractivity contribution is 5.87. The number of aromatic nitrogens is 2. The first kappa shape index (κ1) is 15.4. The van der Waals surface area contributed by atoms with Crippen LogP contribution in [0.5, 0.6) is 0 Å². The van der Waals surface area contributed by atoms with Crippen molar-refractivity contribution in [1.82, 2.24) is 9.97 Å². The Morgan fingerprint density at radius 2 is 2.13 bits per heavy atom. The van der Waals surface area contributed by atoms with Gasteiger partial charge in [0.1, 0.15) is 5.69 Å². The molecule has 0 unspecified atom stereocenters. The smallest absolute Gasteiger partial charge is 0.293 e. The molecule has 0 atom stereocenters. The van der Waals surface area contributed by atoms with Crippen LogP contribution in [0.2, 0.25) is 0 Å². The van der Waals surface area contributed by atoms with Gasteiger partial charge in [0.25, 0.3) is 11.2 Å². The number of anilines is 1. The number of hydrogen-bond acceptors (Lipinski definition) is 6. The summed E-state index contributed by atoms with van der Waals surface area (Å²) in [5.74, 6) is 0.455. The lowest BCUT2D eigenvalue weighted by Crippen LogP contribution is -2.34. The van der Waals surface area contributed by atoms with Crippen LogP contribution in [0.25, 0.3) is 10.9 Å². The molecule has 0 amide bonds. The lowest BCUT2D eigenvalue weighted by atomic mass is 9.93. The van der Waals surface area contributed by atoms with Gasteiger partial charge in [-0.25, -0.2) is 4.98 Å². The topological polar surface area (TPSA) is 112 Å². The maximum Gasteiger partial charge on any atom is 0.293 e. The summed E-state index contributed by atoms with van der Waals surface area (Å²) < 4.78 is 0. The average Bonchev–Trinajstić information content (AvgIpc) is 2.55. The van der Waals surface area contributed by atoms with Gasteiger partial charge in [0.15, 0.2) is 0 Å². The molecule has 0 aliphatic carbocycles. The molecule has 1 aliphatic heterocycles. The third-order valence-electron chi connectivity index (χ3n) is 4.43. The average molecular weight is 318 g/mol. The Bertz CT molecular complexity index is 781. The lowest BCUT2D eigenvalue weighted by Gasteiger charge is -2.33. The van der Waals surface area contributed by atoms with Crippen molar-refractivity contribution >= 4 is 22.3 Å². The zero-order valence-electron chi connectivity index (χ0n) is 12.6. The number of aliphatic hydroxyl groups is 1. The Kier molecular flexibility index (Phi) is 4.24. The minimum Gasteiger partial charge on any atom is -0.396 e. The maximum atomic E-state index is 11.8. The van der Waals surface area contributed by atoms with Crippen LogP contribution in [0.4, 0.5) is 11.4 Å². The second-order valence-electron chi connectivity index (χ2n) is 5.79. The number of H-pyrrole nitrogens is 1. The summed E-state index contributed by atoms with van der Waals surface area (Å²) in [6.45, 7) is 1.56. The molecule has 1 fully saturated rings. The summed E-state index contributed by atoms with van der Waals surface area (Å²) in [4.78, 5) is 31.2. The summed E-state index contributed by atoms with van der Waals surface area (Å²) in [6.07, 6.45) is 3.84. The van der Waals surface area contributed by atoms with Gasteiger partial charge in [0.05, 0.1) is 22.2 Å². The Balaban J connectivity index is 1.98. The van der Waals surface area contributed by atoms with Crippen molar-refractivity contribution in [3.05, 3.63) is 38.9 Å². The number of rotatable bonds is 4. The molecule has 8 heteroatoms. The Morgan fingerprint density at radius 1 is 1.39 bits per heavy atom. The second-order valence-corrected chi connectivity index (χ2v) is 5.79. The number of aromatic amines is 1. The molecule has 0 spiro atoms. The van der Waals surface area contributed by atoms with Crippen molar-refractivity contribution in [2.75, 3.05) is 24.6 Å². The highest BCUT2D eigenvalue weighted by Crippen LogP contribution is 2.34. The lowest BCUT2D eigenvalue weighted by molar-refractivity contribution is -0.384. The van der Waals surface area contributed by atoms with Gasteiger partial charge in [-0.3, -0.25) is 14.9 Å². The molecule has 3 rings (SSSR count). The van der Waals surface area contributed by atoms with E-state index in [2.05, 4.69) is 9.97 Å². The highest BCUT2D eigenvalue weighted by atomic mass is 16.6. The van der Waals surface area contributed by atoms with E-state index in [0.717, 1.165) is 19.3 Å². The molecule has 1 aromatic heterocycles. The molecule has 23 heavy (non-hydrogen) atoms. The van der Waals surface area contributed by atoms with Crippen molar-refractivity contribution in [1.29, 1.82) is 0 Å². The zero-order valence-corrected chi connectivity index (χ0v) is 12.6. The van der Waals surface area contributed by atoms with Gasteiger partial charge in [-0.05, 0) is 31.2 Å². The number of hydrogen-bond donors (Lipinski definition) is 2. The third kappa shape index (κ3) is 3.02. The van der Waals surface area contributed by atoms with Gasteiger partial charge >= 0.3 is 0 Å². The van der Waals surface area contributed by atoms with Crippen LogP contribution in [0.1, 0.15) is 19.3 Å². The molecule has 0 radical (unpaired) electrons. The first-order valence-corrected chi connectivity index (χ1v) is 7.62. The maximum absolute atomic E-state index is 11.8. The van der Waals surface area contributed by atoms with Gasteiger partial charge in [-0.1, -0.05) is 0 Å². The molecule has 2 aromatic rings. The number of aliphatic hydroxyl groups excluding tert-OH is 1. The zero-order chi connectivity index (χ0) is 16.4. The van der Waals surface area contributed by atoms with Gasteiger partial charge in [-0.15, -0.1) is 0 Å². The molecule has 8 nitrogen and oxygen atoms in total. The number of piperidine rings is 1. The number of nitrogens with zero attached hydrogens (tertiary/aromatic N) is 3. The molecular formula is C15H18N4O4. The predicted molar refractivity (Wildman–Crippen MR) is 85.7 cm³/mol. The van der Waals surface area contributed by atoms with Crippen molar-refractivity contribution in [2.24, 2.45) is 5.92 Å². The van der Waals surface area contributed by atoms with E-state index < -0.39 is 4.92 Å². The van der Waals surface area contributed by atoms with Crippen molar-refractivity contribution in [3.8, 4) is 0 Å². The summed E-state index contributed by atoms with van der Waals surface area (Å²) in [5.41, 5.74) is 0.498. The van der Waals surface area contributed by atoms with E-state index in [4.69, 9.17) is 5.11 Å². The minimum absolute atomic E-state index is 0.0726. The monoisotopic (exact) mass is 318 g/mol. The SMILES string of the molecule is O=c1[nH]cnc2cc(N3CCC(CCO)CC3)c([N+](=O)[O-])cc12.